The van der Waals surface area contributed by atoms with Crippen LogP contribution in [0.15, 0.2) is 60.8 Å². The van der Waals surface area contributed by atoms with E-state index in [0.29, 0.717) is 18.8 Å². The maximum absolute atomic E-state index is 12.7. The molecule has 0 saturated carbocycles. The molecule has 28 heavy (non-hydrogen) atoms. The average Bonchev–Trinajstić information content (AvgIpc) is 3.37. The molecule has 7 heteroatoms. The quantitative estimate of drug-likeness (QED) is 0.632. The Morgan fingerprint density at radius 2 is 1.93 bits per heavy atom. The topological polar surface area (TPSA) is 65.8 Å². The first kappa shape index (κ1) is 18.1. The molecule has 0 saturated heterocycles. The van der Waals surface area contributed by atoms with Crippen LogP contribution in [0, 0.1) is 0 Å². The van der Waals surface area contributed by atoms with E-state index in [9.17, 15) is 4.79 Å². The van der Waals surface area contributed by atoms with Crippen LogP contribution in [0.1, 0.15) is 11.3 Å². The molecule has 4 rings (SSSR count). The lowest BCUT2D eigenvalue weighted by Crippen LogP contribution is -2.33. The second kappa shape index (κ2) is 8.14. The Balaban J connectivity index is 1.58. The summed E-state index contributed by atoms with van der Waals surface area (Å²) in [6.07, 6.45) is 1.74. The van der Waals surface area contributed by atoms with Crippen molar-refractivity contribution >= 4 is 5.91 Å². The molecule has 3 aromatic rings. The molecule has 1 amide bonds. The first-order chi connectivity index (χ1) is 13.7. The van der Waals surface area contributed by atoms with Crippen LogP contribution in [0.3, 0.4) is 0 Å². The highest BCUT2D eigenvalue weighted by atomic mass is 16.7. The third kappa shape index (κ3) is 3.84. The number of amides is 1. The summed E-state index contributed by atoms with van der Waals surface area (Å²) in [6.45, 7) is 1.08. The normalized spacial score (nSPS) is 12.2. The number of carbonyl (C=O) groups excluding carboxylic acids is 1. The Morgan fingerprint density at radius 1 is 1.11 bits per heavy atom. The van der Waals surface area contributed by atoms with Crippen LogP contribution >= 0.6 is 0 Å². The van der Waals surface area contributed by atoms with Gasteiger partial charge in [-0.2, -0.15) is 5.10 Å². The summed E-state index contributed by atoms with van der Waals surface area (Å²) in [5.74, 6) is 1.33. The number of carbonyl (C=O) groups is 1. The van der Waals surface area contributed by atoms with Gasteiger partial charge >= 0.3 is 0 Å². The van der Waals surface area contributed by atoms with E-state index in [0.717, 1.165) is 22.7 Å². The molecule has 0 radical (unpaired) electrons. The van der Waals surface area contributed by atoms with E-state index in [1.807, 2.05) is 59.3 Å². The maximum Gasteiger partial charge on any atom is 0.249 e. The van der Waals surface area contributed by atoms with Crippen LogP contribution in [0.5, 0.6) is 11.5 Å². The molecule has 1 aliphatic heterocycles. The number of hydrogen-bond donors (Lipinski definition) is 0. The van der Waals surface area contributed by atoms with E-state index < -0.39 is 0 Å². The number of ether oxygens (including phenoxy) is 3. The van der Waals surface area contributed by atoms with Crippen LogP contribution in [0.2, 0.25) is 0 Å². The van der Waals surface area contributed by atoms with Gasteiger partial charge in [0.15, 0.2) is 11.5 Å². The smallest absolute Gasteiger partial charge is 0.249 e. The highest BCUT2D eigenvalue weighted by Crippen LogP contribution is 2.33. The standard InChI is InChI=1S/C21H21N3O4/c1-26-14-21(25)23(12-16-7-8-19-20(11-16)28-15-27-19)13-18-9-10-22-24(18)17-5-3-2-4-6-17/h2-11H,12-15H2,1H3. The van der Waals surface area contributed by atoms with Crippen LogP contribution in [-0.2, 0) is 22.6 Å². The predicted molar refractivity (Wildman–Crippen MR) is 102 cm³/mol. The molecular weight excluding hydrogens is 358 g/mol. The molecule has 0 unspecified atom stereocenters. The lowest BCUT2D eigenvalue weighted by molar-refractivity contribution is -0.136. The Kier molecular flexibility index (Phi) is 5.25. The summed E-state index contributed by atoms with van der Waals surface area (Å²) < 4.78 is 17.7. The van der Waals surface area contributed by atoms with Crippen molar-refractivity contribution in [2.45, 2.75) is 13.1 Å². The van der Waals surface area contributed by atoms with E-state index >= 15 is 0 Å². The van der Waals surface area contributed by atoms with Gasteiger partial charge in [0.1, 0.15) is 6.61 Å². The molecule has 0 atom stereocenters. The monoisotopic (exact) mass is 379 g/mol. The fourth-order valence-electron chi connectivity index (χ4n) is 3.15. The number of hydrogen-bond acceptors (Lipinski definition) is 5. The number of nitrogens with zero attached hydrogens (tertiary/aromatic N) is 3. The number of fused-ring (bicyclic) bond motifs is 1. The Hall–Kier alpha value is -3.32. The number of methoxy groups -OCH3 is 1. The second-order valence-corrected chi connectivity index (χ2v) is 6.44. The van der Waals surface area contributed by atoms with E-state index in [1.54, 1.807) is 11.1 Å². The minimum absolute atomic E-state index is 0.0179. The molecule has 0 bridgehead atoms. The van der Waals surface area contributed by atoms with E-state index in [2.05, 4.69) is 5.10 Å². The van der Waals surface area contributed by atoms with Gasteiger partial charge in [-0.25, -0.2) is 4.68 Å². The predicted octanol–water partition coefficient (Wildman–Crippen LogP) is 2.78. The molecule has 0 N–H and O–H groups in total. The SMILES string of the molecule is COCC(=O)N(Cc1ccc2c(c1)OCO2)Cc1ccnn1-c1ccccc1. The molecule has 1 aliphatic rings. The zero-order chi connectivity index (χ0) is 19.3. The summed E-state index contributed by atoms with van der Waals surface area (Å²) in [5, 5.41) is 4.41. The van der Waals surface area contributed by atoms with Gasteiger partial charge in [-0.05, 0) is 35.9 Å². The first-order valence-corrected chi connectivity index (χ1v) is 8.98. The zero-order valence-corrected chi connectivity index (χ0v) is 15.6. The molecule has 7 nitrogen and oxygen atoms in total. The minimum atomic E-state index is -0.0963. The van der Waals surface area contributed by atoms with Crippen molar-refractivity contribution in [3.8, 4) is 17.2 Å². The first-order valence-electron chi connectivity index (χ1n) is 8.98. The van der Waals surface area contributed by atoms with Gasteiger partial charge in [-0.1, -0.05) is 24.3 Å². The van der Waals surface area contributed by atoms with Gasteiger partial charge < -0.3 is 19.1 Å². The van der Waals surface area contributed by atoms with Crippen LogP contribution in [-0.4, -0.2) is 41.1 Å². The van der Waals surface area contributed by atoms with Gasteiger partial charge in [0.05, 0.1) is 17.9 Å². The fraction of sp³-hybridized carbons (Fsp3) is 0.238. The van der Waals surface area contributed by atoms with Gasteiger partial charge in [0.2, 0.25) is 12.7 Å². The van der Waals surface area contributed by atoms with Crippen molar-refractivity contribution in [3.63, 3.8) is 0 Å². The molecule has 0 aliphatic carbocycles. The molecule has 1 aromatic heterocycles. The minimum Gasteiger partial charge on any atom is -0.454 e. The fourth-order valence-corrected chi connectivity index (χ4v) is 3.15. The Morgan fingerprint density at radius 3 is 2.75 bits per heavy atom. The van der Waals surface area contributed by atoms with Gasteiger partial charge in [-0.15, -0.1) is 0 Å². The maximum atomic E-state index is 12.7. The largest absolute Gasteiger partial charge is 0.454 e. The van der Waals surface area contributed by atoms with Gasteiger partial charge in [0, 0.05) is 19.9 Å². The lowest BCUT2D eigenvalue weighted by atomic mass is 10.2. The molecular formula is C21H21N3O4. The number of rotatable bonds is 7. The van der Waals surface area contributed by atoms with E-state index in [-0.39, 0.29) is 19.3 Å². The molecule has 0 fully saturated rings. The van der Waals surface area contributed by atoms with Crippen molar-refractivity contribution < 1.29 is 19.0 Å². The van der Waals surface area contributed by atoms with Gasteiger partial charge in [-0.3, -0.25) is 4.79 Å². The van der Waals surface area contributed by atoms with E-state index in [1.165, 1.54) is 7.11 Å². The molecule has 2 heterocycles. The van der Waals surface area contributed by atoms with Crippen LogP contribution < -0.4 is 9.47 Å². The van der Waals surface area contributed by atoms with Crippen molar-refractivity contribution in [3.05, 3.63) is 72.1 Å². The van der Waals surface area contributed by atoms with Crippen molar-refractivity contribution in [1.82, 2.24) is 14.7 Å². The van der Waals surface area contributed by atoms with Crippen molar-refractivity contribution in [1.29, 1.82) is 0 Å². The Labute approximate surface area is 163 Å². The van der Waals surface area contributed by atoms with Crippen LogP contribution in [0.25, 0.3) is 5.69 Å². The Bertz CT molecular complexity index is 955. The summed E-state index contributed by atoms with van der Waals surface area (Å²) in [4.78, 5) is 14.4. The number of para-hydroxylation sites is 1. The van der Waals surface area contributed by atoms with Gasteiger partial charge in [0.25, 0.3) is 0 Å². The molecule has 0 spiro atoms. The number of aromatic nitrogens is 2. The van der Waals surface area contributed by atoms with Crippen molar-refractivity contribution in [2.24, 2.45) is 0 Å². The highest BCUT2D eigenvalue weighted by molar-refractivity contribution is 5.77. The summed E-state index contributed by atoms with van der Waals surface area (Å²) in [5.41, 5.74) is 2.82. The highest BCUT2D eigenvalue weighted by Gasteiger charge is 2.19. The van der Waals surface area contributed by atoms with Crippen LogP contribution in [0.4, 0.5) is 0 Å². The summed E-state index contributed by atoms with van der Waals surface area (Å²) in [6, 6.07) is 17.5. The van der Waals surface area contributed by atoms with Crippen molar-refractivity contribution in [2.75, 3.05) is 20.5 Å². The summed E-state index contributed by atoms with van der Waals surface area (Å²) >= 11 is 0. The lowest BCUT2D eigenvalue weighted by Gasteiger charge is -2.23. The third-order valence-corrected chi connectivity index (χ3v) is 4.51. The average molecular weight is 379 g/mol. The molecule has 144 valence electrons. The number of benzene rings is 2. The summed E-state index contributed by atoms with van der Waals surface area (Å²) in [7, 11) is 1.52. The second-order valence-electron chi connectivity index (χ2n) is 6.44. The zero-order valence-electron chi connectivity index (χ0n) is 15.6. The van der Waals surface area contributed by atoms with E-state index in [4.69, 9.17) is 14.2 Å². The molecule has 2 aromatic carbocycles. The third-order valence-electron chi connectivity index (χ3n) is 4.51.